The predicted octanol–water partition coefficient (Wildman–Crippen LogP) is 5.14. The standard InChI is InChI=1S/C10H9NS.C10H14O2/c1-8-5-6-10(12-8)9-4-2-3-7-11-9;1-9-3-5-10(6-4-9)12-8-7-11-2/h2-7H,1H3;3-6H,7-8H2,1-2H3. The maximum Gasteiger partial charge on any atom is 0.119 e. The first-order valence-electron chi connectivity index (χ1n) is 7.85. The molecule has 0 radical (unpaired) electrons. The van der Waals surface area contributed by atoms with Gasteiger partial charge in [-0.05, 0) is 50.2 Å². The molecule has 0 bridgehead atoms. The second-order valence-corrected chi connectivity index (χ2v) is 6.57. The number of thiophene rings is 1. The number of aryl methyl sites for hydroxylation is 2. The number of rotatable bonds is 5. The Kier molecular flexibility index (Phi) is 7.46. The van der Waals surface area contributed by atoms with Gasteiger partial charge < -0.3 is 9.47 Å². The van der Waals surface area contributed by atoms with E-state index >= 15 is 0 Å². The topological polar surface area (TPSA) is 31.4 Å². The summed E-state index contributed by atoms with van der Waals surface area (Å²) in [6.45, 7) is 5.41. The smallest absolute Gasteiger partial charge is 0.119 e. The maximum atomic E-state index is 5.38. The molecule has 1 aromatic carbocycles. The first-order valence-corrected chi connectivity index (χ1v) is 8.67. The molecule has 24 heavy (non-hydrogen) atoms. The van der Waals surface area contributed by atoms with Crippen LogP contribution in [-0.4, -0.2) is 25.3 Å². The van der Waals surface area contributed by atoms with Gasteiger partial charge in [-0.1, -0.05) is 23.8 Å². The zero-order valence-corrected chi connectivity index (χ0v) is 15.2. The minimum absolute atomic E-state index is 0.611. The molecular weight excluding hydrogens is 318 g/mol. The molecule has 2 heterocycles. The predicted molar refractivity (Wildman–Crippen MR) is 101 cm³/mol. The maximum absolute atomic E-state index is 5.38. The molecule has 3 rings (SSSR count). The van der Waals surface area contributed by atoms with Gasteiger partial charge in [0, 0.05) is 18.2 Å². The van der Waals surface area contributed by atoms with Crippen LogP contribution in [0.4, 0.5) is 0 Å². The minimum atomic E-state index is 0.611. The Morgan fingerprint density at radius 2 is 1.71 bits per heavy atom. The fraction of sp³-hybridized carbons (Fsp3) is 0.250. The van der Waals surface area contributed by atoms with Crippen molar-refractivity contribution in [3.63, 3.8) is 0 Å². The Morgan fingerprint density at radius 1 is 0.917 bits per heavy atom. The number of benzene rings is 1. The van der Waals surface area contributed by atoms with Crippen LogP contribution in [0.3, 0.4) is 0 Å². The van der Waals surface area contributed by atoms with Gasteiger partial charge in [0.1, 0.15) is 12.4 Å². The van der Waals surface area contributed by atoms with Gasteiger partial charge in [0.05, 0.1) is 17.2 Å². The highest BCUT2D eigenvalue weighted by molar-refractivity contribution is 7.15. The van der Waals surface area contributed by atoms with Gasteiger partial charge in [-0.15, -0.1) is 11.3 Å². The van der Waals surface area contributed by atoms with E-state index in [2.05, 4.69) is 31.0 Å². The largest absolute Gasteiger partial charge is 0.491 e. The van der Waals surface area contributed by atoms with Crippen molar-refractivity contribution in [3.8, 4) is 16.3 Å². The number of pyridine rings is 1. The normalized spacial score (nSPS) is 9.96. The Labute approximate surface area is 147 Å². The van der Waals surface area contributed by atoms with Gasteiger partial charge in [0.25, 0.3) is 0 Å². The summed E-state index contributed by atoms with van der Waals surface area (Å²) in [5.41, 5.74) is 2.31. The fourth-order valence-corrected chi connectivity index (χ4v) is 2.80. The molecule has 0 fully saturated rings. The summed E-state index contributed by atoms with van der Waals surface area (Å²) >= 11 is 1.78. The van der Waals surface area contributed by atoms with Crippen molar-refractivity contribution in [2.24, 2.45) is 0 Å². The van der Waals surface area contributed by atoms with Crippen LogP contribution in [-0.2, 0) is 4.74 Å². The van der Waals surface area contributed by atoms with Crippen LogP contribution in [0.25, 0.3) is 10.6 Å². The summed E-state index contributed by atoms with van der Waals surface area (Å²) in [4.78, 5) is 6.85. The fourth-order valence-electron chi connectivity index (χ4n) is 1.96. The van der Waals surface area contributed by atoms with Gasteiger partial charge in [-0.25, -0.2) is 0 Å². The second kappa shape index (κ2) is 9.85. The van der Waals surface area contributed by atoms with Crippen LogP contribution in [0.5, 0.6) is 5.75 Å². The molecule has 0 unspecified atom stereocenters. The Morgan fingerprint density at radius 3 is 2.29 bits per heavy atom. The van der Waals surface area contributed by atoms with E-state index in [9.17, 15) is 0 Å². The van der Waals surface area contributed by atoms with E-state index in [1.165, 1.54) is 15.3 Å². The monoisotopic (exact) mass is 341 g/mol. The lowest BCUT2D eigenvalue weighted by Gasteiger charge is -2.04. The molecule has 0 saturated carbocycles. The molecule has 0 N–H and O–H groups in total. The van der Waals surface area contributed by atoms with Crippen LogP contribution in [0.15, 0.2) is 60.8 Å². The molecule has 2 aromatic heterocycles. The van der Waals surface area contributed by atoms with Crippen molar-refractivity contribution >= 4 is 11.3 Å². The molecule has 0 saturated heterocycles. The van der Waals surface area contributed by atoms with E-state index in [0.717, 1.165) is 11.4 Å². The van der Waals surface area contributed by atoms with Crippen LogP contribution >= 0.6 is 11.3 Å². The number of hydrogen-bond donors (Lipinski definition) is 0. The highest BCUT2D eigenvalue weighted by Gasteiger charge is 1.99. The summed E-state index contributed by atoms with van der Waals surface area (Å²) < 4.78 is 10.2. The average Bonchev–Trinajstić information content (AvgIpc) is 3.05. The molecule has 0 aliphatic rings. The van der Waals surface area contributed by atoms with E-state index in [1.807, 2.05) is 48.7 Å². The van der Waals surface area contributed by atoms with Gasteiger partial charge in [0.15, 0.2) is 0 Å². The Hall–Kier alpha value is -2.17. The molecule has 0 atom stereocenters. The van der Waals surface area contributed by atoms with Crippen LogP contribution in [0, 0.1) is 13.8 Å². The van der Waals surface area contributed by atoms with E-state index in [1.54, 1.807) is 18.4 Å². The number of aromatic nitrogens is 1. The van der Waals surface area contributed by atoms with Crippen molar-refractivity contribution < 1.29 is 9.47 Å². The summed E-state index contributed by atoms with van der Waals surface area (Å²) in [6.07, 6.45) is 1.82. The summed E-state index contributed by atoms with van der Waals surface area (Å²) in [5, 5.41) is 0. The van der Waals surface area contributed by atoms with E-state index in [-0.39, 0.29) is 0 Å². The summed E-state index contributed by atoms with van der Waals surface area (Å²) in [6, 6.07) is 18.2. The van der Waals surface area contributed by atoms with Crippen molar-refractivity contribution in [1.82, 2.24) is 4.98 Å². The van der Waals surface area contributed by atoms with Crippen molar-refractivity contribution in [2.45, 2.75) is 13.8 Å². The number of ether oxygens (including phenoxy) is 2. The summed E-state index contributed by atoms with van der Waals surface area (Å²) in [7, 11) is 1.67. The number of methoxy groups -OCH3 is 1. The average molecular weight is 341 g/mol. The third-order valence-corrected chi connectivity index (χ3v) is 4.26. The van der Waals surface area contributed by atoms with Crippen molar-refractivity contribution in [1.29, 1.82) is 0 Å². The van der Waals surface area contributed by atoms with Crippen LogP contribution in [0.1, 0.15) is 10.4 Å². The number of nitrogens with zero attached hydrogens (tertiary/aromatic N) is 1. The lowest BCUT2D eigenvalue weighted by molar-refractivity contribution is 0.146. The van der Waals surface area contributed by atoms with Crippen molar-refractivity contribution in [2.75, 3.05) is 20.3 Å². The molecule has 126 valence electrons. The molecule has 0 aliphatic heterocycles. The first kappa shape index (κ1) is 18.2. The SMILES string of the molecule is COCCOc1ccc(C)cc1.Cc1ccc(-c2ccccn2)s1. The van der Waals surface area contributed by atoms with Crippen LogP contribution < -0.4 is 4.74 Å². The lowest BCUT2D eigenvalue weighted by atomic mass is 10.2. The van der Waals surface area contributed by atoms with Crippen molar-refractivity contribution in [3.05, 3.63) is 71.2 Å². The molecule has 3 nitrogen and oxygen atoms in total. The van der Waals surface area contributed by atoms with E-state index in [0.29, 0.717) is 13.2 Å². The lowest BCUT2D eigenvalue weighted by Crippen LogP contribution is -2.03. The second-order valence-electron chi connectivity index (χ2n) is 5.28. The first-order chi connectivity index (χ1) is 11.7. The highest BCUT2D eigenvalue weighted by atomic mass is 32.1. The molecule has 0 spiro atoms. The van der Waals surface area contributed by atoms with Gasteiger partial charge in [-0.2, -0.15) is 0 Å². The molecular formula is C20H23NO2S. The highest BCUT2D eigenvalue weighted by Crippen LogP contribution is 2.25. The molecule has 4 heteroatoms. The van der Waals surface area contributed by atoms with E-state index in [4.69, 9.17) is 9.47 Å². The molecule has 3 aromatic rings. The van der Waals surface area contributed by atoms with E-state index < -0.39 is 0 Å². The third kappa shape index (κ3) is 6.14. The Balaban J connectivity index is 0.000000174. The zero-order chi connectivity index (χ0) is 17.2. The minimum Gasteiger partial charge on any atom is -0.491 e. The summed E-state index contributed by atoms with van der Waals surface area (Å²) in [5.74, 6) is 0.901. The third-order valence-electron chi connectivity index (χ3n) is 3.23. The Bertz CT molecular complexity index is 708. The number of hydrogen-bond acceptors (Lipinski definition) is 4. The molecule has 0 aliphatic carbocycles. The van der Waals surface area contributed by atoms with Crippen LogP contribution in [0.2, 0.25) is 0 Å². The van der Waals surface area contributed by atoms with Gasteiger partial charge in [-0.3, -0.25) is 4.98 Å². The quantitative estimate of drug-likeness (QED) is 0.602. The van der Waals surface area contributed by atoms with Gasteiger partial charge in [0.2, 0.25) is 0 Å². The zero-order valence-electron chi connectivity index (χ0n) is 14.4. The van der Waals surface area contributed by atoms with Gasteiger partial charge >= 0.3 is 0 Å². The molecule has 0 amide bonds.